The molecule has 1 amide bonds. The maximum Gasteiger partial charge on any atom is 0.433 e. The van der Waals surface area contributed by atoms with Crippen molar-refractivity contribution in [2.75, 3.05) is 24.6 Å². The lowest BCUT2D eigenvalue weighted by molar-refractivity contribution is -0.141. The van der Waals surface area contributed by atoms with E-state index in [1.54, 1.807) is 11.0 Å². The van der Waals surface area contributed by atoms with Crippen LogP contribution in [0.25, 0.3) is 0 Å². The summed E-state index contributed by atoms with van der Waals surface area (Å²) in [6.07, 6.45) is -3.28. The summed E-state index contributed by atoms with van der Waals surface area (Å²) in [6.45, 7) is 4.30. The number of aryl methyl sites for hydroxylation is 2. The van der Waals surface area contributed by atoms with Crippen molar-refractivity contribution in [3.05, 3.63) is 47.4 Å². The number of amides is 1. The molecule has 1 aliphatic heterocycles. The Balaban J connectivity index is 1.50. The molecule has 6 nitrogen and oxygen atoms in total. The lowest BCUT2D eigenvalue weighted by Gasteiger charge is -2.33. The highest BCUT2D eigenvalue weighted by Gasteiger charge is 2.34. The van der Waals surface area contributed by atoms with Crippen molar-refractivity contribution in [1.29, 1.82) is 0 Å². The zero-order valence-electron chi connectivity index (χ0n) is 16.3. The van der Waals surface area contributed by atoms with Crippen molar-refractivity contribution in [3.63, 3.8) is 0 Å². The molecule has 1 aliphatic rings. The number of nitrogens with one attached hydrogen (secondary N) is 1. The molecule has 1 N–H and O–H groups in total. The smallest absolute Gasteiger partial charge is 0.433 e. The number of alkyl halides is 3. The molecule has 1 aromatic carbocycles. The normalized spacial score (nSPS) is 15.3. The second kappa shape index (κ2) is 8.67. The molecule has 0 aliphatic carbocycles. The predicted molar refractivity (Wildman–Crippen MR) is 102 cm³/mol. The fraction of sp³-hybridized carbons (Fsp3) is 0.450. The molecule has 0 unspecified atom stereocenters. The SMILES string of the molecule is Cc1cccc(OCC(=O)NC2CCN(c3cc(C(F)(F)F)nc(C)n3)CC2)c1. The van der Waals surface area contributed by atoms with Gasteiger partial charge in [-0.15, -0.1) is 0 Å². The van der Waals surface area contributed by atoms with Crippen LogP contribution in [0.4, 0.5) is 19.0 Å². The number of hydrogen-bond acceptors (Lipinski definition) is 5. The molecule has 0 bridgehead atoms. The Morgan fingerprint density at radius 3 is 2.59 bits per heavy atom. The number of rotatable bonds is 5. The first-order chi connectivity index (χ1) is 13.7. The van der Waals surface area contributed by atoms with Gasteiger partial charge in [0.15, 0.2) is 6.61 Å². The minimum atomic E-state index is -4.51. The lowest BCUT2D eigenvalue weighted by atomic mass is 10.0. The second-order valence-corrected chi connectivity index (χ2v) is 7.09. The molecule has 9 heteroatoms. The monoisotopic (exact) mass is 408 g/mol. The zero-order valence-corrected chi connectivity index (χ0v) is 16.3. The molecule has 0 saturated carbocycles. The quantitative estimate of drug-likeness (QED) is 0.823. The topological polar surface area (TPSA) is 67.3 Å². The molecule has 1 saturated heterocycles. The molecule has 3 rings (SSSR count). The van der Waals surface area contributed by atoms with Gasteiger partial charge >= 0.3 is 6.18 Å². The molecular weight excluding hydrogens is 385 g/mol. The molecule has 1 aromatic heterocycles. The Hall–Kier alpha value is -2.84. The average Bonchev–Trinajstić information content (AvgIpc) is 2.66. The summed E-state index contributed by atoms with van der Waals surface area (Å²) >= 11 is 0. The van der Waals surface area contributed by atoms with E-state index in [1.165, 1.54) is 6.92 Å². The van der Waals surface area contributed by atoms with Crippen molar-refractivity contribution in [1.82, 2.24) is 15.3 Å². The minimum absolute atomic E-state index is 0.0510. The third-order valence-electron chi connectivity index (χ3n) is 4.66. The number of carbonyl (C=O) groups excluding carboxylic acids is 1. The van der Waals surface area contributed by atoms with Crippen LogP contribution in [0.15, 0.2) is 30.3 Å². The highest BCUT2D eigenvalue weighted by Crippen LogP contribution is 2.30. The van der Waals surface area contributed by atoms with Crippen molar-refractivity contribution in [2.24, 2.45) is 0 Å². The van der Waals surface area contributed by atoms with Gasteiger partial charge in [-0.2, -0.15) is 13.2 Å². The van der Waals surface area contributed by atoms with Crippen LogP contribution in [0.2, 0.25) is 0 Å². The molecule has 2 heterocycles. The number of ether oxygens (including phenoxy) is 1. The standard InChI is InChI=1S/C20H23F3N4O2/c1-13-4-3-5-16(10-13)29-12-19(28)26-15-6-8-27(9-7-15)18-11-17(20(21,22)23)24-14(2)25-18/h3-5,10-11,15H,6-9,12H2,1-2H3,(H,26,28). The summed E-state index contributed by atoms with van der Waals surface area (Å²) in [5, 5.41) is 2.92. The van der Waals surface area contributed by atoms with Crippen LogP contribution in [-0.2, 0) is 11.0 Å². The number of anilines is 1. The van der Waals surface area contributed by atoms with Gasteiger partial charge in [-0.1, -0.05) is 12.1 Å². The second-order valence-electron chi connectivity index (χ2n) is 7.09. The van der Waals surface area contributed by atoms with Crippen LogP contribution >= 0.6 is 0 Å². The number of piperidine rings is 1. The van der Waals surface area contributed by atoms with E-state index in [-0.39, 0.29) is 30.2 Å². The van der Waals surface area contributed by atoms with Gasteiger partial charge in [0, 0.05) is 25.2 Å². The Morgan fingerprint density at radius 1 is 1.21 bits per heavy atom. The summed E-state index contributed by atoms with van der Waals surface area (Å²) in [7, 11) is 0. The van der Waals surface area contributed by atoms with Crippen LogP contribution in [0, 0.1) is 13.8 Å². The van der Waals surface area contributed by atoms with Crippen molar-refractivity contribution in [3.8, 4) is 5.75 Å². The maximum absolute atomic E-state index is 13.0. The lowest BCUT2D eigenvalue weighted by Crippen LogP contribution is -2.46. The third-order valence-corrected chi connectivity index (χ3v) is 4.66. The van der Waals surface area contributed by atoms with E-state index in [1.807, 2.05) is 25.1 Å². The van der Waals surface area contributed by atoms with Gasteiger partial charge in [-0.05, 0) is 44.4 Å². The zero-order chi connectivity index (χ0) is 21.0. The van der Waals surface area contributed by atoms with Crippen LogP contribution in [0.5, 0.6) is 5.75 Å². The first-order valence-corrected chi connectivity index (χ1v) is 9.37. The average molecular weight is 408 g/mol. The van der Waals surface area contributed by atoms with E-state index < -0.39 is 11.9 Å². The summed E-state index contributed by atoms with van der Waals surface area (Å²) in [6, 6.07) is 8.36. The molecule has 0 atom stereocenters. The Morgan fingerprint density at radius 2 is 1.93 bits per heavy atom. The van der Waals surface area contributed by atoms with E-state index in [2.05, 4.69) is 15.3 Å². The van der Waals surface area contributed by atoms with Gasteiger partial charge in [0.05, 0.1) is 0 Å². The Labute approximate surface area is 167 Å². The summed E-state index contributed by atoms with van der Waals surface area (Å²) in [5.74, 6) is 0.757. The summed E-state index contributed by atoms with van der Waals surface area (Å²) < 4.78 is 44.4. The number of benzene rings is 1. The highest BCUT2D eigenvalue weighted by molar-refractivity contribution is 5.77. The largest absolute Gasteiger partial charge is 0.484 e. The fourth-order valence-electron chi connectivity index (χ4n) is 3.24. The molecule has 2 aromatic rings. The van der Waals surface area contributed by atoms with E-state index in [9.17, 15) is 18.0 Å². The summed E-state index contributed by atoms with van der Waals surface area (Å²) in [4.78, 5) is 21.5. The number of hydrogen-bond donors (Lipinski definition) is 1. The number of nitrogens with zero attached hydrogens (tertiary/aromatic N) is 3. The minimum Gasteiger partial charge on any atom is -0.484 e. The van der Waals surface area contributed by atoms with Gasteiger partial charge in [0.1, 0.15) is 23.1 Å². The predicted octanol–water partition coefficient (Wildman–Crippen LogP) is 3.28. The molecule has 0 spiro atoms. The Bertz CT molecular complexity index is 865. The molecule has 29 heavy (non-hydrogen) atoms. The summed E-state index contributed by atoms with van der Waals surface area (Å²) in [5.41, 5.74) is 0.104. The number of aromatic nitrogens is 2. The first-order valence-electron chi connectivity index (χ1n) is 9.37. The van der Waals surface area contributed by atoms with Gasteiger partial charge in [-0.3, -0.25) is 4.79 Å². The number of halogens is 3. The van der Waals surface area contributed by atoms with Gasteiger partial charge in [-0.25, -0.2) is 9.97 Å². The van der Waals surface area contributed by atoms with E-state index in [0.717, 1.165) is 11.6 Å². The molecule has 156 valence electrons. The van der Waals surface area contributed by atoms with Crippen molar-refractivity contribution in [2.45, 2.75) is 38.9 Å². The third kappa shape index (κ3) is 5.82. The van der Waals surface area contributed by atoms with Crippen molar-refractivity contribution < 1.29 is 22.7 Å². The van der Waals surface area contributed by atoms with Gasteiger partial charge in [0.25, 0.3) is 5.91 Å². The van der Waals surface area contributed by atoms with Crippen LogP contribution in [0.1, 0.15) is 29.9 Å². The molecular formula is C20H23F3N4O2. The van der Waals surface area contributed by atoms with Crippen LogP contribution in [0.3, 0.4) is 0 Å². The maximum atomic E-state index is 13.0. The first kappa shape index (κ1) is 20.9. The molecule has 0 radical (unpaired) electrons. The Kier molecular flexibility index (Phi) is 6.24. The molecule has 1 fully saturated rings. The van der Waals surface area contributed by atoms with Gasteiger partial charge in [0.2, 0.25) is 0 Å². The highest BCUT2D eigenvalue weighted by atomic mass is 19.4. The van der Waals surface area contributed by atoms with Crippen molar-refractivity contribution >= 4 is 11.7 Å². The van der Waals surface area contributed by atoms with Gasteiger partial charge < -0.3 is 15.0 Å². The van der Waals surface area contributed by atoms with Crippen LogP contribution in [-0.4, -0.2) is 41.6 Å². The van der Waals surface area contributed by atoms with E-state index >= 15 is 0 Å². The van der Waals surface area contributed by atoms with Crippen LogP contribution < -0.4 is 15.0 Å². The fourth-order valence-corrected chi connectivity index (χ4v) is 3.24. The number of carbonyl (C=O) groups is 1. The van der Waals surface area contributed by atoms with E-state index in [0.29, 0.717) is 31.7 Å². The van der Waals surface area contributed by atoms with E-state index in [4.69, 9.17) is 4.74 Å².